The fourth-order valence-electron chi connectivity index (χ4n) is 3.73. The first-order chi connectivity index (χ1) is 11.3. The summed E-state index contributed by atoms with van der Waals surface area (Å²) in [6.07, 6.45) is 5.29. The molecule has 0 heterocycles. The number of hydrogen-bond donors (Lipinski definition) is 1. The zero-order valence-electron chi connectivity index (χ0n) is 14.1. The van der Waals surface area contributed by atoms with E-state index in [0.717, 1.165) is 25.4 Å². The highest BCUT2D eigenvalue weighted by atomic mass is 16.5. The molecule has 23 heavy (non-hydrogen) atoms. The van der Waals surface area contributed by atoms with Gasteiger partial charge in [0.2, 0.25) is 0 Å². The second-order valence-corrected chi connectivity index (χ2v) is 6.53. The third kappa shape index (κ3) is 3.94. The molecule has 1 N–H and O–H groups in total. The second-order valence-electron chi connectivity index (χ2n) is 6.53. The fraction of sp³-hybridized carbons (Fsp3) is 0.429. The summed E-state index contributed by atoms with van der Waals surface area (Å²) in [5.74, 6) is 0.952. The van der Waals surface area contributed by atoms with Crippen molar-refractivity contribution in [2.45, 2.75) is 44.6 Å². The van der Waals surface area contributed by atoms with Gasteiger partial charge in [0.1, 0.15) is 5.75 Å². The molecule has 2 aromatic rings. The molecule has 1 aliphatic carbocycles. The summed E-state index contributed by atoms with van der Waals surface area (Å²) in [5, 5.41) is 3.69. The molecule has 0 amide bonds. The van der Waals surface area contributed by atoms with Gasteiger partial charge in [0.25, 0.3) is 0 Å². The van der Waals surface area contributed by atoms with Crippen LogP contribution in [0.5, 0.6) is 5.75 Å². The maximum absolute atomic E-state index is 5.50. The van der Waals surface area contributed by atoms with E-state index < -0.39 is 0 Å². The Balaban J connectivity index is 1.59. The Hall–Kier alpha value is -1.80. The van der Waals surface area contributed by atoms with Gasteiger partial charge < -0.3 is 10.1 Å². The first kappa shape index (κ1) is 16.1. The number of nitrogens with one attached hydrogen (secondary N) is 1. The zero-order chi connectivity index (χ0) is 16.0. The molecule has 3 rings (SSSR count). The van der Waals surface area contributed by atoms with Gasteiger partial charge in [-0.25, -0.2) is 0 Å². The van der Waals surface area contributed by atoms with E-state index in [2.05, 4.69) is 59.9 Å². The Morgan fingerprint density at radius 2 is 1.65 bits per heavy atom. The fourth-order valence-corrected chi connectivity index (χ4v) is 3.73. The van der Waals surface area contributed by atoms with Crippen LogP contribution in [-0.2, 0) is 12.0 Å². The molecule has 1 aliphatic rings. The van der Waals surface area contributed by atoms with Crippen LogP contribution in [0.1, 0.15) is 43.7 Å². The van der Waals surface area contributed by atoms with Crippen LogP contribution in [0.2, 0.25) is 0 Å². The van der Waals surface area contributed by atoms with Crippen molar-refractivity contribution < 1.29 is 4.74 Å². The predicted molar refractivity (Wildman–Crippen MR) is 95.9 cm³/mol. The molecule has 0 unspecified atom stereocenters. The minimum Gasteiger partial charge on any atom is -0.494 e. The van der Waals surface area contributed by atoms with Gasteiger partial charge in [0, 0.05) is 18.5 Å². The van der Waals surface area contributed by atoms with Gasteiger partial charge >= 0.3 is 0 Å². The van der Waals surface area contributed by atoms with E-state index >= 15 is 0 Å². The lowest BCUT2D eigenvalue weighted by Gasteiger charge is -2.30. The van der Waals surface area contributed by atoms with Crippen LogP contribution in [0.3, 0.4) is 0 Å². The van der Waals surface area contributed by atoms with E-state index in [-0.39, 0.29) is 0 Å². The Labute approximate surface area is 139 Å². The molecule has 1 fully saturated rings. The van der Waals surface area contributed by atoms with Crippen LogP contribution in [0.15, 0.2) is 54.6 Å². The van der Waals surface area contributed by atoms with E-state index in [9.17, 15) is 0 Å². The van der Waals surface area contributed by atoms with E-state index in [0.29, 0.717) is 5.41 Å². The largest absolute Gasteiger partial charge is 0.494 e. The van der Waals surface area contributed by atoms with Gasteiger partial charge in [-0.1, -0.05) is 55.3 Å². The predicted octanol–water partition coefficient (Wildman–Crippen LogP) is 4.69. The van der Waals surface area contributed by atoms with Gasteiger partial charge in [0.05, 0.1) is 6.61 Å². The summed E-state index contributed by atoms with van der Waals surface area (Å²) < 4.78 is 5.50. The summed E-state index contributed by atoms with van der Waals surface area (Å²) in [6.45, 7) is 4.71. The molecule has 2 heteroatoms. The topological polar surface area (TPSA) is 21.3 Å². The maximum Gasteiger partial charge on any atom is 0.119 e. The van der Waals surface area contributed by atoms with Crippen LogP contribution in [-0.4, -0.2) is 13.2 Å². The van der Waals surface area contributed by atoms with Gasteiger partial charge in [0.15, 0.2) is 0 Å². The number of ether oxygens (including phenoxy) is 1. The van der Waals surface area contributed by atoms with Crippen molar-refractivity contribution in [1.29, 1.82) is 0 Å². The lowest BCUT2D eigenvalue weighted by molar-refractivity contribution is 0.340. The highest BCUT2D eigenvalue weighted by Gasteiger charge is 2.34. The number of rotatable bonds is 7. The third-order valence-electron chi connectivity index (χ3n) is 4.97. The Morgan fingerprint density at radius 3 is 2.30 bits per heavy atom. The van der Waals surface area contributed by atoms with E-state index in [1.54, 1.807) is 0 Å². The standard InChI is InChI=1S/C21H27NO/c1-2-23-20-12-10-18(11-13-20)16-22-17-21(14-6-7-15-21)19-8-4-3-5-9-19/h3-5,8-13,22H,2,6-7,14-17H2,1H3. The van der Waals surface area contributed by atoms with Crippen molar-refractivity contribution in [3.63, 3.8) is 0 Å². The summed E-state index contributed by atoms with van der Waals surface area (Å²) in [4.78, 5) is 0. The lowest BCUT2D eigenvalue weighted by atomic mass is 9.79. The van der Waals surface area contributed by atoms with E-state index in [1.165, 1.54) is 36.8 Å². The Bertz CT molecular complexity index is 585. The Kier molecular flexibility index (Phi) is 5.35. The highest BCUT2D eigenvalue weighted by molar-refractivity contribution is 5.29. The normalized spacial score (nSPS) is 16.4. The average Bonchev–Trinajstić information content (AvgIpc) is 3.08. The average molecular weight is 309 g/mol. The van der Waals surface area contributed by atoms with Crippen molar-refractivity contribution in [2.75, 3.05) is 13.2 Å². The molecule has 0 radical (unpaired) electrons. The molecule has 122 valence electrons. The van der Waals surface area contributed by atoms with Crippen LogP contribution in [0, 0.1) is 0 Å². The SMILES string of the molecule is CCOc1ccc(CNCC2(c3ccccc3)CCCC2)cc1. The first-order valence-electron chi connectivity index (χ1n) is 8.80. The molecular formula is C21H27NO. The zero-order valence-corrected chi connectivity index (χ0v) is 14.1. The van der Waals surface area contributed by atoms with Gasteiger partial charge in [-0.3, -0.25) is 0 Å². The monoisotopic (exact) mass is 309 g/mol. The van der Waals surface area contributed by atoms with Crippen LogP contribution >= 0.6 is 0 Å². The molecule has 0 spiro atoms. The quantitative estimate of drug-likeness (QED) is 0.801. The van der Waals surface area contributed by atoms with Crippen LogP contribution in [0.25, 0.3) is 0 Å². The van der Waals surface area contributed by atoms with Gasteiger partial charge in [-0.15, -0.1) is 0 Å². The molecule has 2 nitrogen and oxygen atoms in total. The molecular weight excluding hydrogens is 282 g/mol. The van der Waals surface area contributed by atoms with E-state index in [4.69, 9.17) is 4.74 Å². The molecule has 0 saturated heterocycles. The summed E-state index contributed by atoms with van der Waals surface area (Å²) in [7, 11) is 0. The Morgan fingerprint density at radius 1 is 0.957 bits per heavy atom. The highest BCUT2D eigenvalue weighted by Crippen LogP contribution is 2.40. The molecule has 0 bridgehead atoms. The van der Waals surface area contributed by atoms with E-state index in [1.807, 2.05) is 6.92 Å². The van der Waals surface area contributed by atoms with Crippen LogP contribution in [0.4, 0.5) is 0 Å². The van der Waals surface area contributed by atoms with Crippen LogP contribution < -0.4 is 10.1 Å². The molecule has 0 atom stereocenters. The minimum atomic E-state index is 0.326. The number of hydrogen-bond acceptors (Lipinski definition) is 2. The summed E-state index contributed by atoms with van der Waals surface area (Å²) >= 11 is 0. The van der Waals surface area contributed by atoms with Gasteiger partial charge in [-0.05, 0) is 43.0 Å². The smallest absolute Gasteiger partial charge is 0.119 e. The van der Waals surface area contributed by atoms with Crippen molar-refractivity contribution >= 4 is 0 Å². The number of benzene rings is 2. The molecule has 0 aliphatic heterocycles. The van der Waals surface area contributed by atoms with Crippen molar-refractivity contribution in [2.24, 2.45) is 0 Å². The van der Waals surface area contributed by atoms with Gasteiger partial charge in [-0.2, -0.15) is 0 Å². The second kappa shape index (κ2) is 7.65. The van der Waals surface area contributed by atoms with Crippen molar-refractivity contribution in [1.82, 2.24) is 5.32 Å². The summed E-state index contributed by atoms with van der Waals surface area (Å²) in [5.41, 5.74) is 3.14. The molecule has 0 aromatic heterocycles. The maximum atomic E-state index is 5.50. The minimum absolute atomic E-state index is 0.326. The van der Waals surface area contributed by atoms with Crippen molar-refractivity contribution in [3.05, 3.63) is 65.7 Å². The summed E-state index contributed by atoms with van der Waals surface area (Å²) in [6, 6.07) is 19.5. The lowest BCUT2D eigenvalue weighted by Crippen LogP contribution is -2.35. The first-order valence-corrected chi connectivity index (χ1v) is 8.80. The van der Waals surface area contributed by atoms with Crippen molar-refractivity contribution in [3.8, 4) is 5.75 Å². The third-order valence-corrected chi connectivity index (χ3v) is 4.97. The molecule has 2 aromatic carbocycles. The molecule has 1 saturated carbocycles.